The van der Waals surface area contributed by atoms with Crippen LogP contribution in [0.5, 0.6) is 0 Å². The van der Waals surface area contributed by atoms with Crippen LogP contribution in [-0.4, -0.2) is 56.9 Å². The zero-order valence-corrected chi connectivity index (χ0v) is 15.3. The van der Waals surface area contributed by atoms with Crippen LogP contribution >= 0.6 is 22.9 Å². The van der Waals surface area contributed by atoms with E-state index in [2.05, 4.69) is 5.32 Å². The molecule has 9 heteroatoms. The number of rotatable bonds is 5. The molecule has 0 unspecified atom stereocenters. The minimum Gasteiger partial charge on any atom is -0.348 e. The number of hydrogen-bond acceptors (Lipinski definition) is 4. The van der Waals surface area contributed by atoms with Crippen molar-refractivity contribution < 1.29 is 18.1 Å². The topological polar surface area (TPSA) is 70.9 Å². The summed E-state index contributed by atoms with van der Waals surface area (Å²) in [6, 6.07) is 3.37. The van der Waals surface area contributed by atoms with Gasteiger partial charge in [0.15, 0.2) is 6.04 Å². The highest BCUT2D eigenvalue weighted by Crippen LogP contribution is 2.28. The fourth-order valence-corrected chi connectivity index (χ4v) is 5.83. The fourth-order valence-electron chi connectivity index (χ4n) is 2.75. The molecule has 0 bridgehead atoms. The Labute approximate surface area is 145 Å². The van der Waals surface area contributed by atoms with Gasteiger partial charge in [-0.3, -0.25) is 4.79 Å². The summed E-state index contributed by atoms with van der Waals surface area (Å²) in [4.78, 5) is 13.3. The second-order valence-electron chi connectivity index (χ2n) is 6.13. The standard InChI is InChI=1S/C14H20ClN3O3S2/c1-10(14(19)16-11-2-3-11)17-6-8-18(9-7-17)23(20,21)13-5-4-12(15)22-13/h4-5,10-11H,2-3,6-9H2,1H3,(H,16,19)/p+1/t10-/m1/s1. The van der Waals surface area contributed by atoms with Crippen LogP contribution in [0.4, 0.5) is 0 Å². The van der Waals surface area contributed by atoms with Crippen LogP contribution < -0.4 is 10.2 Å². The van der Waals surface area contributed by atoms with E-state index in [9.17, 15) is 13.2 Å². The Morgan fingerprint density at radius 2 is 2.04 bits per heavy atom. The molecule has 1 atom stereocenters. The van der Waals surface area contributed by atoms with E-state index >= 15 is 0 Å². The van der Waals surface area contributed by atoms with Crippen molar-refractivity contribution in [2.45, 2.75) is 36.1 Å². The largest absolute Gasteiger partial charge is 0.348 e. The Morgan fingerprint density at radius 3 is 2.57 bits per heavy atom. The maximum Gasteiger partial charge on any atom is 0.278 e. The van der Waals surface area contributed by atoms with E-state index in [0.717, 1.165) is 29.1 Å². The van der Waals surface area contributed by atoms with E-state index in [1.165, 1.54) is 4.31 Å². The first-order valence-corrected chi connectivity index (χ1v) is 10.4. The van der Waals surface area contributed by atoms with E-state index in [-0.39, 0.29) is 16.2 Å². The number of carbonyl (C=O) groups is 1. The Kier molecular flexibility index (Phi) is 4.98. The number of quaternary nitrogens is 1. The minimum atomic E-state index is -3.47. The predicted octanol–water partition coefficient (Wildman–Crippen LogP) is -0.0422. The molecule has 1 aromatic rings. The zero-order chi connectivity index (χ0) is 16.6. The number of hydrogen-bond donors (Lipinski definition) is 2. The third-order valence-electron chi connectivity index (χ3n) is 4.44. The molecule has 2 fully saturated rings. The minimum absolute atomic E-state index is 0.0730. The number of thiophene rings is 1. The number of amides is 1. The number of sulfonamides is 1. The van der Waals surface area contributed by atoms with Gasteiger partial charge in [-0.15, -0.1) is 11.3 Å². The lowest BCUT2D eigenvalue weighted by molar-refractivity contribution is -0.917. The molecule has 2 aliphatic rings. The van der Waals surface area contributed by atoms with Crippen molar-refractivity contribution >= 4 is 38.9 Å². The van der Waals surface area contributed by atoms with Crippen LogP contribution in [0.15, 0.2) is 16.3 Å². The Morgan fingerprint density at radius 1 is 1.39 bits per heavy atom. The second-order valence-corrected chi connectivity index (χ2v) is 10.0. The highest BCUT2D eigenvalue weighted by molar-refractivity contribution is 7.91. The molecule has 0 radical (unpaired) electrons. The number of piperazine rings is 1. The Balaban J connectivity index is 1.58. The fraction of sp³-hybridized carbons (Fsp3) is 0.643. The van der Waals surface area contributed by atoms with Gasteiger partial charge in [0.1, 0.15) is 4.21 Å². The zero-order valence-electron chi connectivity index (χ0n) is 12.9. The summed E-state index contributed by atoms with van der Waals surface area (Å²) in [6.07, 6.45) is 2.15. The lowest BCUT2D eigenvalue weighted by Crippen LogP contribution is -3.19. The van der Waals surface area contributed by atoms with Gasteiger partial charge in [-0.2, -0.15) is 4.31 Å². The van der Waals surface area contributed by atoms with E-state index < -0.39 is 10.0 Å². The molecule has 23 heavy (non-hydrogen) atoms. The van der Waals surface area contributed by atoms with Gasteiger partial charge >= 0.3 is 0 Å². The lowest BCUT2D eigenvalue weighted by Gasteiger charge is -2.33. The van der Waals surface area contributed by atoms with E-state index in [1.807, 2.05) is 6.92 Å². The molecule has 6 nitrogen and oxygen atoms in total. The number of halogens is 1. The maximum atomic E-state index is 12.6. The lowest BCUT2D eigenvalue weighted by atomic mass is 10.2. The van der Waals surface area contributed by atoms with Crippen LogP contribution in [0, 0.1) is 0 Å². The Bertz CT molecular complexity index is 679. The SMILES string of the molecule is C[C@H](C(=O)NC1CC1)[NH+]1CCN(S(=O)(=O)c2ccc(Cl)s2)CC1. The van der Waals surface area contributed by atoms with E-state index in [4.69, 9.17) is 11.6 Å². The van der Waals surface area contributed by atoms with Gasteiger partial charge in [-0.1, -0.05) is 11.6 Å². The summed E-state index contributed by atoms with van der Waals surface area (Å²) in [6.45, 7) is 4.04. The third-order valence-corrected chi connectivity index (χ3v) is 8.03. The molecule has 2 heterocycles. The normalized spacial score (nSPS) is 22.0. The first-order chi connectivity index (χ1) is 10.9. The third kappa shape index (κ3) is 3.88. The smallest absolute Gasteiger partial charge is 0.278 e. The second kappa shape index (κ2) is 6.68. The quantitative estimate of drug-likeness (QED) is 0.755. The maximum absolute atomic E-state index is 12.6. The molecule has 1 aliphatic heterocycles. The van der Waals surface area contributed by atoms with Gasteiger partial charge in [0.2, 0.25) is 0 Å². The number of nitrogens with zero attached hydrogens (tertiary/aromatic N) is 1. The molecule has 3 rings (SSSR count). The van der Waals surface area contributed by atoms with Crippen molar-refractivity contribution in [1.29, 1.82) is 0 Å². The van der Waals surface area contributed by atoms with E-state index in [1.54, 1.807) is 12.1 Å². The van der Waals surface area contributed by atoms with Crippen molar-refractivity contribution in [1.82, 2.24) is 9.62 Å². The van der Waals surface area contributed by atoms with Crippen LogP contribution in [0.3, 0.4) is 0 Å². The molecule has 2 N–H and O–H groups in total. The Hall–Kier alpha value is -0.670. The molecule has 0 aromatic carbocycles. The van der Waals surface area contributed by atoms with Crippen LogP contribution in [0.25, 0.3) is 0 Å². The monoisotopic (exact) mass is 378 g/mol. The van der Waals surface area contributed by atoms with Crippen molar-refractivity contribution in [3.05, 3.63) is 16.5 Å². The van der Waals surface area contributed by atoms with Gasteiger partial charge in [-0.25, -0.2) is 8.42 Å². The highest BCUT2D eigenvalue weighted by Gasteiger charge is 2.36. The molecule has 1 saturated carbocycles. The first-order valence-electron chi connectivity index (χ1n) is 7.78. The molecule has 1 aromatic heterocycles. The van der Waals surface area contributed by atoms with Gasteiger partial charge in [0, 0.05) is 6.04 Å². The van der Waals surface area contributed by atoms with Gasteiger partial charge in [-0.05, 0) is 31.9 Å². The molecule has 1 saturated heterocycles. The predicted molar refractivity (Wildman–Crippen MR) is 89.4 cm³/mol. The van der Waals surface area contributed by atoms with Gasteiger partial charge in [0.25, 0.3) is 15.9 Å². The summed E-state index contributed by atoms with van der Waals surface area (Å²) >= 11 is 6.92. The van der Waals surface area contributed by atoms with Gasteiger partial charge in [0.05, 0.1) is 30.5 Å². The molecular formula is C14H21ClN3O3S2+. The number of nitrogens with one attached hydrogen (secondary N) is 2. The van der Waals surface area contributed by atoms with E-state index in [0.29, 0.717) is 36.6 Å². The molecule has 0 spiro atoms. The van der Waals surface area contributed by atoms with Gasteiger partial charge < -0.3 is 10.2 Å². The molecular weight excluding hydrogens is 358 g/mol. The summed E-state index contributed by atoms with van der Waals surface area (Å²) in [5.74, 6) is 0.0730. The van der Waals surface area contributed by atoms with Crippen LogP contribution in [0.1, 0.15) is 19.8 Å². The number of carbonyl (C=O) groups excluding carboxylic acids is 1. The summed E-state index contributed by atoms with van der Waals surface area (Å²) in [5.41, 5.74) is 0. The highest BCUT2D eigenvalue weighted by atomic mass is 35.5. The van der Waals surface area contributed by atoms with Crippen LogP contribution in [0.2, 0.25) is 4.34 Å². The average molecular weight is 379 g/mol. The summed E-state index contributed by atoms with van der Waals surface area (Å²) < 4.78 is 27.4. The van der Waals surface area contributed by atoms with Crippen molar-refractivity contribution in [2.24, 2.45) is 0 Å². The van der Waals surface area contributed by atoms with Crippen molar-refractivity contribution in [3.63, 3.8) is 0 Å². The first kappa shape index (κ1) is 17.2. The molecule has 1 aliphatic carbocycles. The molecule has 1 amide bonds. The van der Waals surface area contributed by atoms with Crippen molar-refractivity contribution in [2.75, 3.05) is 26.2 Å². The van der Waals surface area contributed by atoms with Crippen molar-refractivity contribution in [3.8, 4) is 0 Å². The summed E-state index contributed by atoms with van der Waals surface area (Å²) in [7, 11) is -3.47. The van der Waals surface area contributed by atoms with Crippen LogP contribution in [-0.2, 0) is 14.8 Å². The molecule has 128 valence electrons. The average Bonchev–Trinajstić information content (AvgIpc) is 3.23. The summed E-state index contributed by atoms with van der Waals surface area (Å²) in [5, 5.41) is 3.02.